The zero-order chi connectivity index (χ0) is 14.4. The first-order valence-corrected chi connectivity index (χ1v) is 7.29. The van der Waals surface area contributed by atoms with Gasteiger partial charge in [0.2, 0.25) is 11.8 Å². The molecule has 0 saturated carbocycles. The monoisotopic (exact) mass is 274 g/mol. The van der Waals surface area contributed by atoms with E-state index in [4.69, 9.17) is 0 Å². The number of benzene rings is 1. The molecule has 1 heterocycles. The molecule has 1 aromatic carbocycles. The maximum absolute atomic E-state index is 12.1. The Hall–Kier alpha value is -1.84. The summed E-state index contributed by atoms with van der Waals surface area (Å²) in [7, 11) is 0. The summed E-state index contributed by atoms with van der Waals surface area (Å²) in [6.07, 6.45) is 3.10. The van der Waals surface area contributed by atoms with Gasteiger partial charge in [-0.2, -0.15) is 0 Å². The number of rotatable bonds is 4. The van der Waals surface area contributed by atoms with Gasteiger partial charge in [0.1, 0.15) is 6.04 Å². The number of carbonyl (C=O) groups is 2. The minimum atomic E-state index is -0.368. The fourth-order valence-corrected chi connectivity index (χ4v) is 2.51. The predicted molar refractivity (Wildman–Crippen MR) is 78.3 cm³/mol. The molecule has 1 fully saturated rings. The third kappa shape index (κ3) is 4.08. The summed E-state index contributed by atoms with van der Waals surface area (Å²) in [4.78, 5) is 23.8. The largest absolute Gasteiger partial charge is 0.354 e. The van der Waals surface area contributed by atoms with Crippen LogP contribution in [0.1, 0.15) is 44.1 Å². The Balaban J connectivity index is 1.87. The first-order valence-electron chi connectivity index (χ1n) is 7.29. The summed E-state index contributed by atoms with van der Waals surface area (Å²) < 4.78 is 0. The van der Waals surface area contributed by atoms with Crippen LogP contribution in [0.3, 0.4) is 0 Å². The van der Waals surface area contributed by atoms with Crippen molar-refractivity contribution >= 4 is 11.8 Å². The summed E-state index contributed by atoms with van der Waals surface area (Å²) in [6, 6.07) is 9.59. The number of amides is 2. The molecule has 2 amide bonds. The van der Waals surface area contributed by atoms with E-state index in [2.05, 4.69) is 10.6 Å². The van der Waals surface area contributed by atoms with Gasteiger partial charge in [-0.25, -0.2) is 0 Å². The van der Waals surface area contributed by atoms with Crippen molar-refractivity contribution in [3.8, 4) is 0 Å². The molecule has 2 atom stereocenters. The van der Waals surface area contributed by atoms with Crippen molar-refractivity contribution in [2.24, 2.45) is 0 Å². The molecule has 0 spiro atoms. The van der Waals surface area contributed by atoms with Crippen molar-refractivity contribution in [2.75, 3.05) is 6.54 Å². The first kappa shape index (κ1) is 14.6. The van der Waals surface area contributed by atoms with Gasteiger partial charge in [0.25, 0.3) is 0 Å². The van der Waals surface area contributed by atoms with Crippen LogP contribution in [0, 0.1) is 0 Å². The second-order valence-corrected chi connectivity index (χ2v) is 5.42. The molecule has 4 nitrogen and oxygen atoms in total. The number of hydrogen-bond acceptors (Lipinski definition) is 2. The van der Waals surface area contributed by atoms with Gasteiger partial charge in [0, 0.05) is 13.0 Å². The zero-order valence-corrected chi connectivity index (χ0v) is 11.9. The quantitative estimate of drug-likeness (QED) is 0.882. The molecule has 0 unspecified atom stereocenters. The predicted octanol–water partition coefficient (Wildman–Crippen LogP) is 1.97. The lowest BCUT2D eigenvalue weighted by atomic mass is 9.97. The van der Waals surface area contributed by atoms with Crippen molar-refractivity contribution in [3.05, 3.63) is 35.9 Å². The van der Waals surface area contributed by atoms with E-state index in [0.717, 1.165) is 24.8 Å². The topological polar surface area (TPSA) is 58.2 Å². The summed E-state index contributed by atoms with van der Waals surface area (Å²) >= 11 is 0. The molecule has 4 heteroatoms. The van der Waals surface area contributed by atoms with E-state index in [1.807, 2.05) is 37.3 Å². The number of hydrogen-bond donors (Lipinski definition) is 2. The van der Waals surface area contributed by atoms with Crippen molar-refractivity contribution in [3.63, 3.8) is 0 Å². The van der Waals surface area contributed by atoms with Crippen LogP contribution in [-0.2, 0) is 9.59 Å². The van der Waals surface area contributed by atoms with Crippen molar-refractivity contribution in [1.82, 2.24) is 10.6 Å². The van der Waals surface area contributed by atoms with Gasteiger partial charge in [-0.3, -0.25) is 9.59 Å². The Morgan fingerprint density at radius 3 is 2.85 bits per heavy atom. The maximum atomic E-state index is 12.1. The molecule has 1 aliphatic rings. The highest BCUT2D eigenvalue weighted by atomic mass is 16.2. The van der Waals surface area contributed by atoms with Crippen LogP contribution in [0.5, 0.6) is 0 Å². The van der Waals surface area contributed by atoms with E-state index in [0.29, 0.717) is 13.0 Å². The minimum absolute atomic E-state index is 0.0524. The average molecular weight is 274 g/mol. The van der Waals surface area contributed by atoms with Gasteiger partial charge in [0.15, 0.2) is 0 Å². The van der Waals surface area contributed by atoms with Gasteiger partial charge in [0.05, 0.1) is 0 Å². The van der Waals surface area contributed by atoms with Gasteiger partial charge < -0.3 is 10.6 Å². The smallest absolute Gasteiger partial charge is 0.242 e. The molecule has 2 N–H and O–H groups in total. The normalized spacial score (nSPS) is 20.6. The molecule has 1 aliphatic heterocycles. The van der Waals surface area contributed by atoms with Crippen LogP contribution in [0.2, 0.25) is 0 Å². The Bertz CT molecular complexity index is 459. The lowest BCUT2D eigenvalue weighted by Crippen LogP contribution is -2.45. The molecule has 1 saturated heterocycles. The Morgan fingerprint density at radius 2 is 2.10 bits per heavy atom. The van der Waals surface area contributed by atoms with E-state index in [-0.39, 0.29) is 23.8 Å². The second kappa shape index (κ2) is 7.08. The highest BCUT2D eigenvalue weighted by Crippen LogP contribution is 2.18. The molecule has 0 aromatic heterocycles. The summed E-state index contributed by atoms with van der Waals surface area (Å²) in [5.41, 5.74) is 1.15. The number of nitrogens with one attached hydrogen (secondary N) is 2. The highest BCUT2D eigenvalue weighted by Gasteiger charge is 2.23. The molecular weight excluding hydrogens is 252 g/mol. The minimum Gasteiger partial charge on any atom is -0.354 e. The lowest BCUT2D eigenvalue weighted by molar-refractivity contribution is -0.129. The molecule has 0 radical (unpaired) electrons. The van der Waals surface area contributed by atoms with Crippen LogP contribution >= 0.6 is 0 Å². The fraction of sp³-hybridized carbons (Fsp3) is 0.500. The van der Waals surface area contributed by atoms with E-state index in [1.165, 1.54) is 0 Å². The molecule has 108 valence electrons. The Morgan fingerprint density at radius 1 is 1.35 bits per heavy atom. The van der Waals surface area contributed by atoms with E-state index in [9.17, 15) is 9.59 Å². The van der Waals surface area contributed by atoms with Gasteiger partial charge in [-0.05, 0) is 30.7 Å². The summed E-state index contributed by atoms with van der Waals surface area (Å²) in [6.45, 7) is 2.74. The third-order valence-corrected chi connectivity index (χ3v) is 3.73. The van der Waals surface area contributed by atoms with Crippen LogP contribution in [-0.4, -0.2) is 24.4 Å². The Labute approximate surface area is 119 Å². The van der Waals surface area contributed by atoms with Crippen LogP contribution in [0.15, 0.2) is 30.3 Å². The summed E-state index contributed by atoms with van der Waals surface area (Å²) in [5, 5.41) is 5.69. The third-order valence-electron chi connectivity index (χ3n) is 3.73. The van der Waals surface area contributed by atoms with Gasteiger partial charge in [-0.15, -0.1) is 0 Å². The van der Waals surface area contributed by atoms with Crippen molar-refractivity contribution < 1.29 is 9.59 Å². The van der Waals surface area contributed by atoms with E-state index < -0.39 is 0 Å². The number of carbonyl (C=O) groups excluding carboxylic acids is 2. The standard InChI is InChI=1S/C16H22N2O2/c1-12(13-7-3-2-4-8-13)11-15(19)18-14-9-5-6-10-17-16(14)20/h2-4,7-8,12,14H,5-6,9-11H2,1H3,(H,17,20)(H,18,19)/t12-,14+/m1/s1. The fourth-order valence-electron chi connectivity index (χ4n) is 2.51. The van der Waals surface area contributed by atoms with Crippen molar-refractivity contribution in [2.45, 2.75) is 44.6 Å². The maximum Gasteiger partial charge on any atom is 0.242 e. The molecule has 2 rings (SSSR count). The second-order valence-electron chi connectivity index (χ2n) is 5.42. The van der Waals surface area contributed by atoms with Gasteiger partial charge >= 0.3 is 0 Å². The van der Waals surface area contributed by atoms with Crippen LogP contribution in [0.25, 0.3) is 0 Å². The molecule has 1 aromatic rings. The molecule has 20 heavy (non-hydrogen) atoms. The SMILES string of the molecule is C[C@H](CC(=O)N[C@H]1CCCCNC1=O)c1ccccc1. The Kier molecular flexibility index (Phi) is 5.16. The zero-order valence-electron chi connectivity index (χ0n) is 11.9. The molecule has 0 bridgehead atoms. The highest BCUT2D eigenvalue weighted by molar-refractivity contribution is 5.87. The van der Waals surface area contributed by atoms with Gasteiger partial charge in [-0.1, -0.05) is 37.3 Å². The summed E-state index contributed by atoms with van der Waals surface area (Å²) in [5.74, 6) is 0.0525. The van der Waals surface area contributed by atoms with Crippen molar-refractivity contribution in [1.29, 1.82) is 0 Å². The van der Waals surface area contributed by atoms with Crippen LogP contribution < -0.4 is 10.6 Å². The van der Waals surface area contributed by atoms with E-state index >= 15 is 0 Å². The molecular formula is C16H22N2O2. The van der Waals surface area contributed by atoms with Crippen LogP contribution in [0.4, 0.5) is 0 Å². The first-order chi connectivity index (χ1) is 9.66. The average Bonchev–Trinajstić information content (AvgIpc) is 2.65. The van der Waals surface area contributed by atoms with E-state index in [1.54, 1.807) is 0 Å². The molecule has 0 aliphatic carbocycles. The lowest BCUT2D eigenvalue weighted by Gasteiger charge is -2.17.